The Bertz CT molecular complexity index is 884. The normalized spacial score (nSPS) is 10.3. The molecule has 25 heavy (non-hydrogen) atoms. The molecule has 2 aromatic carbocycles. The number of anilines is 3. The fourth-order valence-electron chi connectivity index (χ4n) is 2.23. The Hall–Kier alpha value is -2.92. The highest BCUT2D eigenvalue weighted by Crippen LogP contribution is 2.25. The number of halogens is 2. The lowest BCUT2D eigenvalue weighted by Gasteiger charge is -2.11. The molecule has 3 aromatic rings. The molecule has 0 bridgehead atoms. The molecule has 3 rings (SSSR count). The van der Waals surface area contributed by atoms with Crippen LogP contribution in [0.4, 0.5) is 21.8 Å². The molecular weight excluding hydrogens is 339 g/mol. The van der Waals surface area contributed by atoms with E-state index < -0.39 is 5.82 Å². The highest BCUT2D eigenvalue weighted by molar-refractivity contribution is 6.31. The van der Waals surface area contributed by atoms with Crippen LogP contribution in [0.15, 0.2) is 67.3 Å². The van der Waals surface area contributed by atoms with Crippen molar-refractivity contribution >= 4 is 29.1 Å². The molecule has 0 amide bonds. The van der Waals surface area contributed by atoms with Crippen molar-refractivity contribution < 1.29 is 4.39 Å². The average Bonchev–Trinajstić information content (AvgIpc) is 2.63. The number of nitrogens with zero attached hydrogens (tertiary/aromatic N) is 2. The largest absolute Gasteiger partial charge is 0.366 e. The number of hydrogen-bond acceptors (Lipinski definition) is 4. The Morgan fingerprint density at radius 1 is 1.08 bits per heavy atom. The molecule has 0 radical (unpaired) electrons. The van der Waals surface area contributed by atoms with Gasteiger partial charge in [0.25, 0.3) is 0 Å². The summed E-state index contributed by atoms with van der Waals surface area (Å²) in [6.45, 7) is 4.27. The molecule has 0 atom stereocenters. The molecule has 0 fully saturated rings. The predicted octanol–water partition coefficient (Wildman–Crippen LogP) is 5.28. The van der Waals surface area contributed by atoms with E-state index in [1.54, 1.807) is 12.1 Å². The van der Waals surface area contributed by atoms with Crippen molar-refractivity contribution in [3.63, 3.8) is 0 Å². The second kappa shape index (κ2) is 7.77. The minimum Gasteiger partial charge on any atom is -0.366 e. The first-order valence-corrected chi connectivity index (χ1v) is 8.05. The average molecular weight is 355 g/mol. The highest BCUT2D eigenvalue weighted by Gasteiger charge is 2.08. The summed E-state index contributed by atoms with van der Waals surface area (Å²) in [5.41, 5.74) is 2.33. The van der Waals surface area contributed by atoms with Gasteiger partial charge in [0.05, 0.1) is 10.7 Å². The van der Waals surface area contributed by atoms with Crippen LogP contribution in [-0.4, -0.2) is 16.5 Å². The molecule has 0 aliphatic heterocycles. The summed E-state index contributed by atoms with van der Waals surface area (Å²) in [6, 6.07) is 16.0. The van der Waals surface area contributed by atoms with Gasteiger partial charge in [0.1, 0.15) is 11.6 Å². The Kier molecular flexibility index (Phi) is 5.26. The van der Waals surface area contributed by atoms with Gasteiger partial charge in [-0.25, -0.2) is 9.37 Å². The van der Waals surface area contributed by atoms with E-state index >= 15 is 0 Å². The van der Waals surface area contributed by atoms with Crippen molar-refractivity contribution in [2.24, 2.45) is 0 Å². The summed E-state index contributed by atoms with van der Waals surface area (Å²) < 4.78 is 13.3. The van der Waals surface area contributed by atoms with Crippen molar-refractivity contribution in [2.75, 3.05) is 17.2 Å². The van der Waals surface area contributed by atoms with E-state index in [9.17, 15) is 4.39 Å². The van der Waals surface area contributed by atoms with Crippen molar-refractivity contribution in [2.45, 2.75) is 0 Å². The lowest BCUT2D eigenvalue weighted by Crippen LogP contribution is -2.05. The lowest BCUT2D eigenvalue weighted by molar-refractivity contribution is 0.628. The third-order valence-corrected chi connectivity index (χ3v) is 3.69. The van der Waals surface area contributed by atoms with Crippen LogP contribution in [-0.2, 0) is 0 Å². The fraction of sp³-hybridized carbons (Fsp3) is 0.0526. The van der Waals surface area contributed by atoms with Crippen LogP contribution in [0, 0.1) is 5.82 Å². The first kappa shape index (κ1) is 16.9. The molecule has 126 valence electrons. The van der Waals surface area contributed by atoms with Gasteiger partial charge in [-0.1, -0.05) is 48.0 Å². The number of benzene rings is 2. The summed E-state index contributed by atoms with van der Waals surface area (Å²) in [5.74, 6) is 0.569. The van der Waals surface area contributed by atoms with E-state index in [-0.39, 0.29) is 5.02 Å². The third-order valence-electron chi connectivity index (χ3n) is 3.40. The summed E-state index contributed by atoms with van der Waals surface area (Å²) in [7, 11) is 0. The number of rotatable bonds is 6. The van der Waals surface area contributed by atoms with Crippen molar-refractivity contribution in [3.05, 3.63) is 78.1 Å². The van der Waals surface area contributed by atoms with Gasteiger partial charge in [-0.2, -0.15) is 4.98 Å². The minimum atomic E-state index is -0.473. The summed E-state index contributed by atoms with van der Waals surface area (Å²) in [5, 5.41) is 6.25. The first-order chi connectivity index (χ1) is 12.2. The van der Waals surface area contributed by atoms with Crippen molar-refractivity contribution in [1.29, 1.82) is 0 Å². The zero-order chi connectivity index (χ0) is 17.6. The second-order valence-electron chi connectivity index (χ2n) is 5.25. The fourth-order valence-corrected chi connectivity index (χ4v) is 2.41. The maximum atomic E-state index is 13.3. The van der Waals surface area contributed by atoms with E-state index in [1.807, 2.05) is 36.4 Å². The molecule has 4 nitrogen and oxygen atoms in total. The zero-order valence-corrected chi connectivity index (χ0v) is 14.1. The summed E-state index contributed by atoms with van der Waals surface area (Å²) in [4.78, 5) is 8.96. The first-order valence-electron chi connectivity index (χ1n) is 7.67. The van der Waals surface area contributed by atoms with Crippen molar-refractivity contribution in [1.82, 2.24) is 9.97 Å². The molecule has 0 unspecified atom stereocenters. The van der Waals surface area contributed by atoms with Gasteiger partial charge in [0, 0.05) is 23.9 Å². The van der Waals surface area contributed by atoms with E-state index in [4.69, 9.17) is 11.6 Å². The van der Waals surface area contributed by atoms with E-state index in [0.29, 0.717) is 24.0 Å². The van der Waals surface area contributed by atoms with Crippen LogP contribution in [0.2, 0.25) is 5.02 Å². The van der Waals surface area contributed by atoms with Gasteiger partial charge < -0.3 is 10.6 Å². The van der Waals surface area contributed by atoms with Crippen molar-refractivity contribution in [3.8, 4) is 11.3 Å². The SMILES string of the molecule is C=CCNc1cc(-c2ccccc2)nc(Nc2ccc(F)c(Cl)c2)n1. The third kappa shape index (κ3) is 4.33. The molecular formula is C19H16ClFN4. The molecule has 2 N–H and O–H groups in total. The van der Waals surface area contributed by atoms with Crippen LogP contribution >= 0.6 is 11.6 Å². The van der Waals surface area contributed by atoms with Gasteiger partial charge in [-0.3, -0.25) is 0 Å². The van der Waals surface area contributed by atoms with Gasteiger partial charge in [-0.15, -0.1) is 6.58 Å². The highest BCUT2D eigenvalue weighted by atomic mass is 35.5. The Morgan fingerprint density at radius 2 is 1.88 bits per heavy atom. The molecule has 0 spiro atoms. The van der Waals surface area contributed by atoms with Crippen LogP contribution in [0.5, 0.6) is 0 Å². The van der Waals surface area contributed by atoms with Gasteiger partial charge in [-0.05, 0) is 18.2 Å². The molecule has 6 heteroatoms. The zero-order valence-electron chi connectivity index (χ0n) is 13.3. The molecule has 0 aliphatic rings. The maximum Gasteiger partial charge on any atom is 0.229 e. The summed E-state index contributed by atoms with van der Waals surface area (Å²) >= 11 is 5.83. The Morgan fingerprint density at radius 3 is 2.60 bits per heavy atom. The van der Waals surface area contributed by atoms with Crippen LogP contribution in [0.3, 0.4) is 0 Å². The topological polar surface area (TPSA) is 49.8 Å². The smallest absolute Gasteiger partial charge is 0.229 e. The summed E-state index contributed by atoms with van der Waals surface area (Å²) in [6.07, 6.45) is 1.75. The van der Waals surface area contributed by atoms with Crippen LogP contribution in [0.25, 0.3) is 11.3 Å². The van der Waals surface area contributed by atoms with Crippen LogP contribution in [0.1, 0.15) is 0 Å². The minimum absolute atomic E-state index is 0.0363. The maximum absolute atomic E-state index is 13.3. The predicted molar refractivity (Wildman–Crippen MR) is 101 cm³/mol. The van der Waals surface area contributed by atoms with Gasteiger partial charge in [0.2, 0.25) is 5.95 Å². The van der Waals surface area contributed by atoms with Crippen LogP contribution < -0.4 is 10.6 Å². The van der Waals surface area contributed by atoms with E-state index in [0.717, 1.165) is 11.3 Å². The van der Waals surface area contributed by atoms with Gasteiger partial charge >= 0.3 is 0 Å². The van der Waals surface area contributed by atoms with E-state index in [1.165, 1.54) is 12.1 Å². The monoisotopic (exact) mass is 354 g/mol. The number of hydrogen-bond donors (Lipinski definition) is 2. The lowest BCUT2D eigenvalue weighted by atomic mass is 10.1. The number of aromatic nitrogens is 2. The van der Waals surface area contributed by atoms with E-state index in [2.05, 4.69) is 27.2 Å². The molecule has 0 aliphatic carbocycles. The Balaban J connectivity index is 1.96. The standard InChI is InChI=1S/C19H16ClFN4/c1-2-10-22-18-12-17(13-6-4-3-5-7-13)24-19(25-18)23-14-8-9-16(21)15(20)11-14/h2-9,11-12H,1,10H2,(H2,22,23,24,25). The second-order valence-corrected chi connectivity index (χ2v) is 5.66. The molecule has 0 saturated heterocycles. The number of nitrogens with one attached hydrogen (secondary N) is 2. The molecule has 0 saturated carbocycles. The Labute approximate surface area is 150 Å². The van der Waals surface area contributed by atoms with Gasteiger partial charge in [0.15, 0.2) is 0 Å². The molecule has 1 heterocycles. The quantitative estimate of drug-likeness (QED) is 0.591. The molecule has 1 aromatic heterocycles.